The SMILES string of the molecule is O=C(COc1ccc(Br)cc1)OCC(=O)N1CCCc2cc([N+](=O)[O-])ccc21. The van der Waals surface area contributed by atoms with Crippen molar-refractivity contribution >= 4 is 39.2 Å². The van der Waals surface area contributed by atoms with E-state index in [0.717, 1.165) is 10.0 Å². The topological polar surface area (TPSA) is 99.0 Å². The Hall–Kier alpha value is -2.94. The van der Waals surface area contributed by atoms with E-state index in [-0.39, 0.29) is 18.2 Å². The van der Waals surface area contributed by atoms with E-state index in [9.17, 15) is 19.7 Å². The quantitative estimate of drug-likeness (QED) is 0.382. The summed E-state index contributed by atoms with van der Waals surface area (Å²) in [7, 11) is 0. The highest BCUT2D eigenvalue weighted by Gasteiger charge is 2.25. The molecule has 1 aliphatic rings. The number of hydrogen-bond donors (Lipinski definition) is 0. The number of anilines is 1. The molecule has 1 heterocycles. The van der Waals surface area contributed by atoms with Crippen molar-refractivity contribution in [3.05, 3.63) is 62.6 Å². The highest BCUT2D eigenvalue weighted by Crippen LogP contribution is 2.30. The van der Waals surface area contributed by atoms with E-state index >= 15 is 0 Å². The van der Waals surface area contributed by atoms with Crippen molar-refractivity contribution in [2.45, 2.75) is 12.8 Å². The Labute approximate surface area is 169 Å². The second-order valence-electron chi connectivity index (χ2n) is 6.12. The number of benzene rings is 2. The molecule has 2 aromatic rings. The van der Waals surface area contributed by atoms with Crippen LogP contribution in [0.25, 0.3) is 0 Å². The lowest BCUT2D eigenvalue weighted by Crippen LogP contribution is -2.38. The summed E-state index contributed by atoms with van der Waals surface area (Å²) < 4.78 is 11.2. The Balaban J connectivity index is 1.54. The lowest BCUT2D eigenvalue weighted by molar-refractivity contribution is -0.384. The summed E-state index contributed by atoms with van der Waals surface area (Å²) >= 11 is 3.30. The second-order valence-corrected chi connectivity index (χ2v) is 7.04. The zero-order chi connectivity index (χ0) is 20.1. The standard InChI is InChI=1S/C19H17BrN2O6/c20-14-3-6-16(7-4-14)27-12-19(24)28-11-18(23)21-9-1-2-13-10-15(22(25)26)5-8-17(13)21/h3-8,10H,1-2,9,11-12H2. The minimum absolute atomic E-state index is 0.00966. The van der Waals surface area contributed by atoms with Crippen molar-refractivity contribution in [3.63, 3.8) is 0 Å². The van der Waals surface area contributed by atoms with Crippen LogP contribution in [0.2, 0.25) is 0 Å². The number of nitro groups is 1. The molecule has 0 unspecified atom stereocenters. The number of halogens is 1. The van der Waals surface area contributed by atoms with Crippen molar-refractivity contribution in [2.75, 3.05) is 24.7 Å². The molecule has 0 radical (unpaired) electrons. The van der Waals surface area contributed by atoms with Gasteiger partial charge in [-0.05, 0) is 48.7 Å². The van der Waals surface area contributed by atoms with Crippen LogP contribution in [0.15, 0.2) is 46.9 Å². The van der Waals surface area contributed by atoms with Crippen LogP contribution in [0.5, 0.6) is 5.75 Å². The van der Waals surface area contributed by atoms with E-state index in [0.29, 0.717) is 30.8 Å². The molecule has 0 aliphatic carbocycles. The van der Waals surface area contributed by atoms with Gasteiger partial charge in [0.25, 0.3) is 11.6 Å². The highest BCUT2D eigenvalue weighted by molar-refractivity contribution is 9.10. The largest absolute Gasteiger partial charge is 0.482 e. The summed E-state index contributed by atoms with van der Waals surface area (Å²) in [4.78, 5) is 36.2. The van der Waals surface area contributed by atoms with Gasteiger partial charge in [-0.15, -0.1) is 0 Å². The fourth-order valence-electron chi connectivity index (χ4n) is 2.89. The number of rotatable bonds is 6. The number of esters is 1. The number of carbonyl (C=O) groups excluding carboxylic acids is 2. The summed E-state index contributed by atoms with van der Waals surface area (Å²) in [6, 6.07) is 11.4. The minimum Gasteiger partial charge on any atom is -0.482 e. The number of fused-ring (bicyclic) bond motifs is 1. The van der Waals surface area contributed by atoms with Crippen LogP contribution < -0.4 is 9.64 Å². The summed E-state index contributed by atoms with van der Waals surface area (Å²) in [5.74, 6) is -0.526. The molecule has 0 fully saturated rings. The number of non-ortho nitro benzene ring substituents is 1. The van der Waals surface area contributed by atoms with Gasteiger partial charge in [0.15, 0.2) is 13.2 Å². The van der Waals surface area contributed by atoms with Crippen molar-refractivity contribution in [1.82, 2.24) is 0 Å². The van der Waals surface area contributed by atoms with E-state index in [4.69, 9.17) is 9.47 Å². The zero-order valence-electron chi connectivity index (χ0n) is 14.8. The molecule has 0 spiro atoms. The molecule has 146 valence electrons. The van der Waals surface area contributed by atoms with Crippen LogP contribution >= 0.6 is 15.9 Å². The summed E-state index contributed by atoms with van der Waals surface area (Å²) in [5, 5.41) is 10.9. The van der Waals surface area contributed by atoms with Gasteiger partial charge in [-0.3, -0.25) is 14.9 Å². The van der Waals surface area contributed by atoms with E-state index in [1.54, 1.807) is 30.3 Å². The molecule has 1 amide bonds. The number of amides is 1. The molecule has 3 rings (SSSR count). The molecular weight excluding hydrogens is 432 g/mol. The van der Waals surface area contributed by atoms with Crippen molar-refractivity contribution < 1.29 is 24.0 Å². The molecule has 0 saturated carbocycles. The third-order valence-electron chi connectivity index (χ3n) is 4.22. The van der Waals surface area contributed by atoms with Crippen LogP contribution in [0, 0.1) is 10.1 Å². The maximum atomic E-state index is 12.5. The first-order valence-electron chi connectivity index (χ1n) is 8.56. The third kappa shape index (κ3) is 4.86. The summed E-state index contributed by atoms with van der Waals surface area (Å²) in [5.41, 5.74) is 1.34. The molecule has 0 saturated heterocycles. The third-order valence-corrected chi connectivity index (χ3v) is 4.75. The Kier molecular flexibility index (Phi) is 6.25. The van der Waals surface area contributed by atoms with Gasteiger partial charge in [0, 0.05) is 28.8 Å². The number of nitro benzene ring substituents is 1. The minimum atomic E-state index is -0.655. The van der Waals surface area contributed by atoms with Crippen LogP contribution in [0.3, 0.4) is 0 Å². The molecule has 0 N–H and O–H groups in total. The Morgan fingerprint density at radius 2 is 1.89 bits per heavy atom. The fraction of sp³-hybridized carbons (Fsp3) is 0.263. The molecular formula is C19H17BrN2O6. The summed E-state index contributed by atoms with van der Waals surface area (Å²) in [6.45, 7) is -0.257. The normalized spacial score (nSPS) is 12.8. The Morgan fingerprint density at radius 3 is 2.61 bits per heavy atom. The van der Waals surface area contributed by atoms with Gasteiger partial charge in [0.2, 0.25) is 0 Å². The van der Waals surface area contributed by atoms with Gasteiger partial charge in [-0.25, -0.2) is 4.79 Å². The van der Waals surface area contributed by atoms with Crippen molar-refractivity contribution in [1.29, 1.82) is 0 Å². The lowest BCUT2D eigenvalue weighted by Gasteiger charge is -2.29. The van der Waals surface area contributed by atoms with E-state index in [1.165, 1.54) is 17.0 Å². The maximum absolute atomic E-state index is 12.5. The molecule has 0 atom stereocenters. The number of carbonyl (C=O) groups is 2. The predicted molar refractivity (Wildman–Crippen MR) is 104 cm³/mol. The van der Waals surface area contributed by atoms with Crippen LogP contribution in [-0.2, 0) is 20.7 Å². The van der Waals surface area contributed by atoms with Crippen LogP contribution in [0.4, 0.5) is 11.4 Å². The van der Waals surface area contributed by atoms with Gasteiger partial charge < -0.3 is 14.4 Å². The first kappa shape index (κ1) is 19.8. The number of ether oxygens (including phenoxy) is 2. The molecule has 0 aromatic heterocycles. The molecule has 2 aromatic carbocycles. The zero-order valence-corrected chi connectivity index (χ0v) is 16.4. The highest BCUT2D eigenvalue weighted by atomic mass is 79.9. The van der Waals surface area contributed by atoms with Gasteiger partial charge >= 0.3 is 5.97 Å². The lowest BCUT2D eigenvalue weighted by atomic mass is 10.0. The van der Waals surface area contributed by atoms with Gasteiger partial charge in [0.1, 0.15) is 5.75 Å². The average molecular weight is 449 g/mol. The average Bonchev–Trinajstić information content (AvgIpc) is 2.70. The van der Waals surface area contributed by atoms with Gasteiger partial charge in [-0.2, -0.15) is 0 Å². The van der Waals surface area contributed by atoms with Crippen LogP contribution in [0.1, 0.15) is 12.0 Å². The molecule has 1 aliphatic heterocycles. The first-order chi connectivity index (χ1) is 13.4. The molecule has 28 heavy (non-hydrogen) atoms. The monoisotopic (exact) mass is 448 g/mol. The Morgan fingerprint density at radius 1 is 1.14 bits per heavy atom. The van der Waals surface area contributed by atoms with Gasteiger partial charge in [0.05, 0.1) is 4.92 Å². The maximum Gasteiger partial charge on any atom is 0.344 e. The molecule has 8 nitrogen and oxygen atoms in total. The molecule has 0 bridgehead atoms. The number of nitrogens with zero attached hydrogens (tertiary/aromatic N) is 2. The predicted octanol–water partition coefficient (Wildman–Crippen LogP) is 3.26. The van der Waals surface area contributed by atoms with E-state index < -0.39 is 17.5 Å². The van der Waals surface area contributed by atoms with Crippen LogP contribution in [-0.4, -0.2) is 36.6 Å². The van der Waals surface area contributed by atoms with Gasteiger partial charge in [-0.1, -0.05) is 15.9 Å². The Bertz CT molecular complexity index is 900. The van der Waals surface area contributed by atoms with E-state index in [2.05, 4.69) is 15.9 Å². The first-order valence-corrected chi connectivity index (χ1v) is 9.35. The number of aryl methyl sites for hydroxylation is 1. The van der Waals surface area contributed by atoms with Crippen molar-refractivity contribution in [2.24, 2.45) is 0 Å². The number of hydrogen-bond acceptors (Lipinski definition) is 6. The van der Waals surface area contributed by atoms with E-state index in [1.807, 2.05) is 0 Å². The fourth-order valence-corrected chi connectivity index (χ4v) is 3.16. The van der Waals surface area contributed by atoms with Crippen molar-refractivity contribution in [3.8, 4) is 5.75 Å². The second kappa shape index (κ2) is 8.83. The smallest absolute Gasteiger partial charge is 0.344 e. The molecule has 9 heteroatoms. The summed E-state index contributed by atoms with van der Waals surface area (Å²) in [6.07, 6.45) is 1.34.